The van der Waals surface area contributed by atoms with Gasteiger partial charge in [0.15, 0.2) is 0 Å². The Labute approximate surface area is 109 Å². The number of pyridine rings is 1. The van der Waals surface area contributed by atoms with Crippen molar-refractivity contribution in [3.8, 4) is 5.88 Å². The van der Waals surface area contributed by atoms with Crippen LogP contribution >= 0.6 is 11.6 Å². The van der Waals surface area contributed by atoms with Gasteiger partial charge < -0.3 is 10.5 Å². The van der Waals surface area contributed by atoms with Crippen molar-refractivity contribution in [1.82, 2.24) is 4.98 Å². The molecule has 2 rings (SSSR count). The van der Waals surface area contributed by atoms with Gasteiger partial charge in [-0.25, -0.2) is 4.98 Å². The molecule has 0 unspecified atom stereocenters. The van der Waals surface area contributed by atoms with E-state index in [1.165, 1.54) is 6.07 Å². The van der Waals surface area contributed by atoms with Crippen LogP contribution in [0.2, 0.25) is 5.02 Å². The van der Waals surface area contributed by atoms with E-state index in [9.17, 15) is 10.1 Å². The Kier molecular flexibility index (Phi) is 3.68. The molecule has 0 aliphatic heterocycles. The van der Waals surface area contributed by atoms with Crippen molar-refractivity contribution in [1.29, 1.82) is 0 Å². The van der Waals surface area contributed by atoms with Crippen LogP contribution in [-0.2, 0) is 0 Å². The van der Waals surface area contributed by atoms with Gasteiger partial charge in [-0.15, -0.1) is 0 Å². The third kappa shape index (κ3) is 2.88. The second-order valence-corrected chi connectivity index (χ2v) is 5.00. The first kappa shape index (κ1) is 13.0. The summed E-state index contributed by atoms with van der Waals surface area (Å²) in [6.45, 7) is 0.331. The number of aromatic nitrogens is 1. The summed E-state index contributed by atoms with van der Waals surface area (Å²) in [4.78, 5) is 13.8. The Morgan fingerprint density at radius 3 is 2.78 bits per heavy atom. The van der Waals surface area contributed by atoms with E-state index in [0.29, 0.717) is 6.61 Å². The zero-order valence-corrected chi connectivity index (χ0v) is 10.5. The van der Waals surface area contributed by atoms with E-state index in [1.54, 1.807) is 0 Å². The summed E-state index contributed by atoms with van der Waals surface area (Å²) in [5.41, 5.74) is 5.65. The van der Waals surface area contributed by atoms with E-state index >= 15 is 0 Å². The Hall–Kier alpha value is -1.40. The Balaban J connectivity index is 2.03. The molecule has 0 amide bonds. The highest BCUT2D eigenvalue weighted by Gasteiger charge is 2.30. The molecule has 0 radical (unpaired) electrons. The van der Waals surface area contributed by atoms with E-state index in [4.69, 9.17) is 22.1 Å². The molecule has 0 aromatic carbocycles. The van der Waals surface area contributed by atoms with E-state index in [-0.39, 0.29) is 22.1 Å². The summed E-state index contributed by atoms with van der Waals surface area (Å²) in [5, 5.41) is 10.7. The first-order chi connectivity index (χ1) is 8.50. The lowest BCUT2D eigenvalue weighted by atomic mass is 10.0. The molecule has 0 atom stereocenters. The predicted molar refractivity (Wildman–Crippen MR) is 66.8 cm³/mol. The zero-order valence-electron chi connectivity index (χ0n) is 9.76. The lowest BCUT2D eigenvalue weighted by molar-refractivity contribution is -0.385. The molecular formula is C11H14ClN3O3. The number of nitro groups is 1. The van der Waals surface area contributed by atoms with Gasteiger partial charge >= 0.3 is 0 Å². The summed E-state index contributed by atoms with van der Waals surface area (Å²) in [6, 6.07) is 1.22. The molecule has 2 N–H and O–H groups in total. The number of hydrogen-bond acceptors (Lipinski definition) is 5. The smallest absolute Gasteiger partial charge is 0.289 e. The van der Waals surface area contributed by atoms with Gasteiger partial charge in [0.2, 0.25) is 5.88 Å². The van der Waals surface area contributed by atoms with Crippen molar-refractivity contribution in [2.45, 2.75) is 31.2 Å². The molecule has 18 heavy (non-hydrogen) atoms. The van der Waals surface area contributed by atoms with E-state index < -0.39 is 4.92 Å². The van der Waals surface area contributed by atoms with Crippen molar-refractivity contribution in [2.24, 2.45) is 5.73 Å². The third-order valence-electron chi connectivity index (χ3n) is 3.10. The van der Waals surface area contributed by atoms with Gasteiger partial charge in [0.05, 0.1) is 10.5 Å². The molecule has 1 aliphatic rings. The maximum atomic E-state index is 10.5. The molecule has 98 valence electrons. The van der Waals surface area contributed by atoms with Crippen molar-refractivity contribution in [3.05, 3.63) is 27.4 Å². The lowest BCUT2D eigenvalue weighted by Gasteiger charge is -2.23. The summed E-state index contributed by atoms with van der Waals surface area (Å²) in [6.07, 6.45) is 5.15. The Morgan fingerprint density at radius 2 is 2.22 bits per heavy atom. The fraction of sp³-hybridized carbons (Fsp3) is 0.545. The van der Waals surface area contributed by atoms with Crippen LogP contribution in [0, 0.1) is 10.1 Å². The largest absolute Gasteiger partial charge is 0.475 e. The lowest BCUT2D eigenvalue weighted by Crippen LogP contribution is -2.42. The minimum absolute atomic E-state index is 0.130. The fourth-order valence-corrected chi connectivity index (χ4v) is 2.27. The number of rotatable bonds is 4. The van der Waals surface area contributed by atoms with Gasteiger partial charge in [-0.2, -0.15) is 0 Å². The average molecular weight is 272 g/mol. The third-order valence-corrected chi connectivity index (χ3v) is 3.37. The molecule has 1 aromatic rings. The molecule has 1 heterocycles. The van der Waals surface area contributed by atoms with Crippen LogP contribution in [-0.4, -0.2) is 22.1 Å². The van der Waals surface area contributed by atoms with Crippen LogP contribution in [0.1, 0.15) is 25.7 Å². The fourth-order valence-electron chi connectivity index (χ4n) is 2.06. The van der Waals surface area contributed by atoms with Crippen LogP contribution in [0.3, 0.4) is 0 Å². The molecule has 0 saturated heterocycles. The SMILES string of the molecule is NC1(COc2ncc([N+](=O)[O-])cc2Cl)CCCC1. The Morgan fingerprint density at radius 1 is 1.56 bits per heavy atom. The van der Waals surface area contributed by atoms with Crippen molar-refractivity contribution >= 4 is 17.3 Å². The standard InChI is InChI=1S/C11H14ClN3O3/c12-9-5-8(15(16)17)6-14-10(9)18-7-11(13)3-1-2-4-11/h5-6H,1-4,7,13H2. The van der Waals surface area contributed by atoms with Gasteiger partial charge in [-0.1, -0.05) is 24.4 Å². The number of ether oxygens (including phenoxy) is 1. The molecule has 0 bridgehead atoms. The second-order valence-electron chi connectivity index (χ2n) is 4.60. The van der Waals surface area contributed by atoms with Crippen molar-refractivity contribution in [3.63, 3.8) is 0 Å². The molecule has 6 nitrogen and oxygen atoms in total. The molecule has 0 spiro atoms. The first-order valence-corrected chi connectivity index (χ1v) is 6.10. The van der Waals surface area contributed by atoms with E-state index in [1.807, 2.05) is 0 Å². The van der Waals surface area contributed by atoms with Gasteiger partial charge in [0, 0.05) is 6.07 Å². The van der Waals surface area contributed by atoms with Gasteiger partial charge in [-0.3, -0.25) is 10.1 Å². The highest BCUT2D eigenvalue weighted by atomic mass is 35.5. The highest BCUT2D eigenvalue weighted by molar-refractivity contribution is 6.32. The number of halogens is 1. The molecule has 1 aliphatic carbocycles. The topological polar surface area (TPSA) is 91.3 Å². The van der Waals surface area contributed by atoms with Crippen molar-refractivity contribution in [2.75, 3.05) is 6.61 Å². The van der Waals surface area contributed by atoms with Crippen LogP contribution in [0.15, 0.2) is 12.3 Å². The van der Waals surface area contributed by atoms with Crippen LogP contribution in [0.5, 0.6) is 5.88 Å². The second kappa shape index (κ2) is 5.07. The molecule has 1 aromatic heterocycles. The van der Waals surface area contributed by atoms with Gasteiger partial charge in [0.25, 0.3) is 5.69 Å². The summed E-state index contributed by atoms with van der Waals surface area (Å²) in [5.74, 6) is 0.194. The molecular weight excluding hydrogens is 258 g/mol. The van der Waals surface area contributed by atoms with Crippen molar-refractivity contribution < 1.29 is 9.66 Å². The summed E-state index contributed by atoms with van der Waals surface area (Å²) >= 11 is 5.87. The monoisotopic (exact) mass is 271 g/mol. The van der Waals surface area contributed by atoms with E-state index in [2.05, 4.69) is 4.98 Å². The number of nitrogens with zero attached hydrogens (tertiary/aromatic N) is 2. The number of nitrogens with two attached hydrogens (primary N) is 1. The molecule has 1 saturated carbocycles. The minimum Gasteiger partial charge on any atom is -0.475 e. The van der Waals surface area contributed by atoms with Gasteiger partial charge in [0.1, 0.15) is 17.8 Å². The summed E-state index contributed by atoms with van der Waals surface area (Å²) < 4.78 is 5.47. The quantitative estimate of drug-likeness (QED) is 0.670. The summed E-state index contributed by atoms with van der Waals surface area (Å²) in [7, 11) is 0. The highest BCUT2D eigenvalue weighted by Crippen LogP contribution is 2.30. The minimum atomic E-state index is -0.552. The number of hydrogen-bond donors (Lipinski definition) is 1. The average Bonchev–Trinajstić information content (AvgIpc) is 2.75. The van der Waals surface area contributed by atoms with Crippen LogP contribution in [0.25, 0.3) is 0 Å². The maximum Gasteiger partial charge on any atom is 0.289 e. The molecule has 7 heteroatoms. The van der Waals surface area contributed by atoms with Crippen LogP contribution in [0.4, 0.5) is 5.69 Å². The van der Waals surface area contributed by atoms with Crippen LogP contribution < -0.4 is 10.5 Å². The van der Waals surface area contributed by atoms with E-state index in [0.717, 1.165) is 31.9 Å². The first-order valence-electron chi connectivity index (χ1n) is 5.72. The Bertz CT molecular complexity index is 461. The maximum absolute atomic E-state index is 10.5. The van der Waals surface area contributed by atoms with Gasteiger partial charge in [-0.05, 0) is 12.8 Å². The normalized spacial score (nSPS) is 17.7. The predicted octanol–water partition coefficient (Wildman–Crippen LogP) is 2.29. The zero-order chi connectivity index (χ0) is 13.2. The molecule has 1 fully saturated rings.